The average molecular weight is 404 g/mol. The van der Waals surface area contributed by atoms with Gasteiger partial charge in [0, 0.05) is 40.7 Å². The van der Waals surface area contributed by atoms with Crippen LogP contribution >= 0.6 is 23.2 Å². The van der Waals surface area contributed by atoms with Gasteiger partial charge in [-0.2, -0.15) is 5.10 Å². The Hall–Kier alpha value is -3.23. The van der Waals surface area contributed by atoms with Crippen LogP contribution in [0.3, 0.4) is 0 Å². The van der Waals surface area contributed by atoms with Crippen LogP contribution in [0.25, 0.3) is 11.1 Å². The van der Waals surface area contributed by atoms with Gasteiger partial charge in [-0.05, 0) is 29.8 Å². The molecule has 136 valence electrons. The molecule has 0 saturated carbocycles. The van der Waals surface area contributed by atoms with E-state index in [0.29, 0.717) is 16.1 Å². The predicted molar refractivity (Wildman–Crippen MR) is 103 cm³/mol. The van der Waals surface area contributed by atoms with Gasteiger partial charge in [-0.1, -0.05) is 23.2 Å². The molecule has 2 aromatic carbocycles. The maximum absolute atomic E-state index is 10.7. The molecule has 0 saturated heterocycles. The van der Waals surface area contributed by atoms with E-state index in [1.807, 2.05) is 0 Å². The second-order valence-corrected chi connectivity index (χ2v) is 6.14. The van der Waals surface area contributed by atoms with Crippen LogP contribution in [-0.4, -0.2) is 26.2 Å². The number of halogens is 2. The lowest BCUT2D eigenvalue weighted by atomic mass is 10.1. The number of aromatic nitrogens is 2. The van der Waals surface area contributed by atoms with Crippen molar-refractivity contribution < 1.29 is 10.0 Å². The van der Waals surface area contributed by atoms with Gasteiger partial charge in [0.1, 0.15) is 5.75 Å². The summed E-state index contributed by atoms with van der Waals surface area (Å²) in [5.41, 5.74) is 4.41. The van der Waals surface area contributed by atoms with E-state index in [4.69, 9.17) is 23.2 Å². The Morgan fingerprint density at radius 1 is 1.11 bits per heavy atom. The highest BCUT2D eigenvalue weighted by Crippen LogP contribution is 2.30. The highest BCUT2D eigenvalue weighted by Gasteiger charge is 2.07. The molecule has 0 spiro atoms. The van der Waals surface area contributed by atoms with Gasteiger partial charge in [-0.15, -0.1) is 0 Å². The molecule has 0 radical (unpaired) electrons. The Balaban J connectivity index is 1.70. The minimum absolute atomic E-state index is 0.0108. The van der Waals surface area contributed by atoms with Crippen molar-refractivity contribution in [3.05, 3.63) is 74.5 Å². The van der Waals surface area contributed by atoms with Gasteiger partial charge in [0.2, 0.25) is 5.95 Å². The number of anilines is 1. The van der Waals surface area contributed by atoms with Gasteiger partial charge >= 0.3 is 0 Å². The Morgan fingerprint density at radius 3 is 2.41 bits per heavy atom. The molecule has 0 atom stereocenters. The topological polar surface area (TPSA) is 114 Å². The summed E-state index contributed by atoms with van der Waals surface area (Å²) in [5.74, 6) is 0.0885. The lowest BCUT2D eigenvalue weighted by Gasteiger charge is -2.04. The molecular formula is C17H11Cl2N5O3. The molecule has 0 fully saturated rings. The number of hydrogen-bond acceptors (Lipinski definition) is 7. The number of benzene rings is 2. The van der Waals surface area contributed by atoms with Gasteiger partial charge in [0.15, 0.2) is 0 Å². The predicted octanol–water partition coefficient (Wildman–Crippen LogP) is 4.51. The number of nitrogens with zero attached hydrogens (tertiary/aromatic N) is 4. The van der Waals surface area contributed by atoms with Gasteiger partial charge in [0.25, 0.3) is 5.69 Å². The van der Waals surface area contributed by atoms with Gasteiger partial charge in [-0.3, -0.25) is 10.1 Å². The van der Waals surface area contributed by atoms with E-state index >= 15 is 0 Å². The molecule has 0 bridgehead atoms. The van der Waals surface area contributed by atoms with E-state index in [-0.39, 0.29) is 22.4 Å². The third-order valence-electron chi connectivity index (χ3n) is 3.49. The van der Waals surface area contributed by atoms with Crippen molar-refractivity contribution in [2.24, 2.45) is 5.10 Å². The van der Waals surface area contributed by atoms with Crippen molar-refractivity contribution in [2.45, 2.75) is 0 Å². The Labute approximate surface area is 163 Å². The number of hydrogen-bond donors (Lipinski definition) is 2. The molecule has 0 unspecified atom stereocenters. The monoisotopic (exact) mass is 403 g/mol. The van der Waals surface area contributed by atoms with Crippen molar-refractivity contribution in [3.8, 4) is 16.9 Å². The van der Waals surface area contributed by atoms with Gasteiger partial charge < -0.3 is 5.11 Å². The molecule has 0 amide bonds. The number of phenols is 1. The van der Waals surface area contributed by atoms with E-state index in [9.17, 15) is 15.2 Å². The molecule has 10 heteroatoms. The zero-order chi connectivity index (χ0) is 19.4. The summed E-state index contributed by atoms with van der Waals surface area (Å²) in [6, 6.07) is 8.99. The average Bonchev–Trinajstić information content (AvgIpc) is 2.66. The van der Waals surface area contributed by atoms with Crippen molar-refractivity contribution in [1.82, 2.24) is 9.97 Å². The summed E-state index contributed by atoms with van der Waals surface area (Å²) in [6.45, 7) is 0. The third kappa shape index (κ3) is 4.49. The Morgan fingerprint density at radius 2 is 1.78 bits per heavy atom. The molecular weight excluding hydrogens is 393 g/mol. The molecule has 8 nitrogen and oxygen atoms in total. The molecule has 1 heterocycles. The molecule has 27 heavy (non-hydrogen) atoms. The van der Waals surface area contributed by atoms with Crippen molar-refractivity contribution in [1.29, 1.82) is 0 Å². The molecule has 0 aliphatic rings. The van der Waals surface area contributed by atoms with Crippen LogP contribution in [0.1, 0.15) is 5.56 Å². The van der Waals surface area contributed by atoms with Crippen LogP contribution in [-0.2, 0) is 0 Å². The van der Waals surface area contributed by atoms with Crippen LogP contribution in [0, 0.1) is 10.1 Å². The number of non-ortho nitro benzene ring substituents is 1. The fourth-order valence-electron chi connectivity index (χ4n) is 2.15. The number of hydrazone groups is 1. The van der Waals surface area contributed by atoms with Crippen LogP contribution < -0.4 is 5.43 Å². The van der Waals surface area contributed by atoms with Crippen LogP contribution in [0.4, 0.5) is 11.6 Å². The van der Waals surface area contributed by atoms with Gasteiger partial charge in [0.05, 0.1) is 16.2 Å². The molecule has 0 aliphatic carbocycles. The van der Waals surface area contributed by atoms with Crippen LogP contribution in [0.15, 0.2) is 53.9 Å². The quantitative estimate of drug-likeness (QED) is 0.368. The molecule has 1 aromatic heterocycles. The first kappa shape index (κ1) is 18.6. The highest BCUT2D eigenvalue weighted by molar-refractivity contribution is 6.36. The minimum Gasteiger partial charge on any atom is -0.506 e. The lowest BCUT2D eigenvalue weighted by molar-refractivity contribution is -0.384. The number of phenolic OH excluding ortho intramolecular Hbond substituents is 1. The Bertz CT molecular complexity index is 1010. The minimum atomic E-state index is -0.462. The Kier molecular flexibility index (Phi) is 5.49. The standard InChI is InChI=1S/C17H11Cl2N5O3/c18-13-5-11(16(25)15(19)6-13)9-22-23-17-20-7-12(8-21-17)10-1-3-14(4-2-10)24(26)27/h1-9,25H,(H,20,21,23)/b22-9-. The summed E-state index contributed by atoms with van der Waals surface area (Å²) < 4.78 is 0. The maximum Gasteiger partial charge on any atom is 0.269 e. The summed E-state index contributed by atoms with van der Waals surface area (Å²) >= 11 is 11.7. The number of rotatable bonds is 5. The van der Waals surface area contributed by atoms with Crippen molar-refractivity contribution in [2.75, 3.05) is 5.43 Å². The molecule has 0 aliphatic heterocycles. The van der Waals surface area contributed by atoms with E-state index in [2.05, 4.69) is 20.5 Å². The second kappa shape index (κ2) is 7.98. The van der Waals surface area contributed by atoms with E-state index < -0.39 is 4.92 Å². The number of nitro groups is 1. The van der Waals surface area contributed by atoms with Crippen molar-refractivity contribution in [3.63, 3.8) is 0 Å². The van der Waals surface area contributed by atoms with Crippen LogP contribution in [0.2, 0.25) is 10.0 Å². The lowest BCUT2D eigenvalue weighted by Crippen LogP contribution is -1.97. The zero-order valence-electron chi connectivity index (χ0n) is 13.5. The molecule has 3 rings (SSSR count). The van der Waals surface area contributed by atoms with E-state index in [1.54, 1.807) is 24.5 Å². The number of nitro benzene ring substituents is 1. The number of aromatic hydroxyl groups is 1. The van der Waals surface area contributed by atoms with E-state index in [1.165, 1.54) is 30.5 Å². The third-order valence-corrected chi connectivity index (χ3v) is 4.00. The van der Waals surface area contributed by atoms with E-state index in [0.717, 1.165) is 5.56 Å². The summed E-state index contributed by atoms with van der Waals surface area (Å²) in [5, 5.41) is 25.0. The molecule has 3 aromatic rings. The second-order valence-electron chi connectivity index (χ2n) is 5.29. The number of nitrogens with one attached hydrogen (secondary N) is 1. The van der Waals surface area contributed by atoms with Gasteiger partial charge in [-0.25, -0.2) is 15.4 Å². The first-order chi connectivity index (χ1) is 12.9. The maximum atomic E-state index is 10.7. The highest BCUT2D eigenvalue weighted by atomic mass is 35.5. The fraction of sp³-hybridized carbons (Fsp3) is 0. The smallest absolute Gasteiger partial charge is 0.269 e. The normalized spacial score (nSPS) is 10.9. The summed E-state index contributed by atoms with van der Waals surface area (Å²) in [6.07, 6.45) is 4.44. The fourth-order valence-corrected chi connectivity index (χ4v) is 2.66. The first-order valence-corrected chi connectivity index (χ1v) is 8.23. The summed E-state index contributed by atoms with van der Waals surface area (Å²) in [4.78, 5) is 18.5. The molecule has 2 N–H and O–H groups in total. The van der Waals surface area contributed by atoms with Crippen molar-refractivity contribution >= 4 is 41.1 Å². The first-order valence-electron chi connectivity index (χ1n) is 7.48. The summed E-state index contributed by atoms with van der Waals surface area (Å²) in [7, 11) is 0. The van der Waals surface area contributed by atoms with Crippen LogP contribution in [0.5, 0.6) is 5.75 Å². The zero-order valence-corrected chi connectivity index (χ0v) is 15.0. The largest absolute Gasteiger partial charge is 0.506 e. The SMILES string of the molecule is O=[N+]([O-])c1ccc(-c2cnc(N/N=C\c3cc(Cl)cc(Cl)c3O)nc2)cc1.